The Morgan fingerprint density at radius 2 is 2.29 bits per heavy atom. The summed E-state index contributed by atoms with van der Waals surface area (Å²) in [6, 6.07) is 1.94. The van der Waals surface area contributed by atoms with Crippen molar-refractivity contribution in [1.82, 2.24) is 15.4 Å². The highest BCUT2D eigenvalue weighted by molar-refractivity contribution is 5.04. The van der Waals surface area contributed by atoms with Crippen LogP contribution in [-0.2, 0) is 17.9 Å². The number of methoxy groups -OCH3 is 1. The zero-order valence-corrected chi connectivity index (χ0v) is 11.0. The molecule has 0 amide bonds. The summed E-state index contributed by atoms with van der Waals surface area (Å²) in [6.45, 7) is 6.55. The summed E-state index contributed by atoms with van der Waals surface area (Å²) in [5.41, 5.74) is 0.954. The fourth-order valence-electron chi connectivity index (χ4n) is 1.57. The van der Waals surface area contributed by atoms with Gasteiger partial charge in [-0.1, -0.05) is 12.1 Å². The summed E-state index contributed by atoms with van der Waals surface area (Å²) in [5, 5.41) is 7.37. The molecule has 0 bridgehead atoms. The van der Waals surface area contributed by atoms with Crippen molar-refractivity contribution >= 4 is 0 Å². The van der Waals surface area contributed by atoms with E-state index in [0.29, 0.717) is 6.61 Å². The summed E-state index contributed by atoms with van der Waals surface area (Å²) < 4.78 is 10.1. The first-order chi connectivity index (χ1) is 8.26. The van der Waals surface area contributed by atoms with Crippen molar-refractivity contribution in [3.05, 3.63) is 17.5 Å². The molecule has 1 aromatic rings. The third-order valence-corrected chi connectivity index (χ3v) is 2.42. The molecular formula is C12H23N3O2. The second-order valence-electron chi connectivity index (χ2n) is 4.21. The van der Waals surface area contributed by atoms with Gasteiger partial charge in [-0.25, -0.2) is 0 Å². The summed E-state index contributed by atoms with van der Waals surface area (Å²) in [4.78, 5) is 2.22. The Balaban J connectivity index is 2.22. The van der Waals surface area contributed by atoms with E-state index in [-0.39, 0.29) is 0 Å². The zero-order chi connectivity index (χ0) is 12.5. The van der Waals surface area contributed by atoms with Crippen molar-refractivity contribution in [2.24, 2.45) is 0 Å². The van der Waals surface area contributed by atoms with Crippen LogP contribution in [-0.4, -0.2) is 43.8 Å². The monoisotopic (exact) mass is 241 g/mol. The molecule has 0 aliphatic heterocycles. The molecule has 0 aliphatic carbocycles. The third kappa shape index (κ3) is 5.81. The standard InChI is InChI=1S/C12H23N3O2/c1-4-5-13-6-7-15(2)9-11-8-12(10-16-3)17-14-11/h8,13H,4-7,9-10H2,1-3H3. The molecule has 1 heterocycles. The van der Waals surface area contributed by atoms with E-state index in [0.717, 1.165) is 37.6 Å². The van der Waals surface area contributed by atoms with Crippen molar-refractivity contribution < 1.29 is 9.26 Å². The zero-order valence-electron chi connectivity index (χ0n) is 11.0. The second-order valence-corrected chi connectivity index (χ2v) is 4.21. The summed E-state index contributed by atoms with van der Waals surface area (Å²) in [5.74, 6) is 0.778. The van der Waals surface area contributed by atoms with Gasteiger partial charge in [-0.2, -0.15) is 0 Å². The van der Waals surface area contributed by atoms with E-state index in [1.54, 1.807) is 7.11 Å². The Morgan fingerprint density at radius 1 is 1.47 bits per heavy atom. The van der Waals surface area contributed by atoms with Crippen LogP contribution in [0.2, 0.25) is 0 Å². The molecule has 17 heavy (non-hydrogen) atoms. The van der Waals surface area contributed by atoms with Gasteiger partial charge in [0.05, 0.1) is 5.69 Å². The molecule has 0 unspecified atom stereocenters. The lowest BCUT2D eigenvalue weighted by Gasteiger charge is -2.14. The highest BCUT2D eigenvalue weighted by atomic mass is 16.5. The first-order valence-electron chi connectivity index (χ1n) is 6.09. The highest BCUT2D eigenvalue weighted by Crippen LogP contribution is 2.06. The van der Waals surface area contributed by atoms with Gasteiger partial charge in [-0.3, -0.25) is 4.90 Å². The molecule has 1 aromatic heterocycles. The molecule has 0 saturated heterocycles. The van der Waals surface area contributed by atoms with Crippen LogP contribution < -0.4 is 5.32 Å². The number of likely N-dealkylation sites (N-methyl/N-ethyl adjacent to an activating group) is 1. The van der Waals surface area contributed by atoms with Gasteiger partial charge >= 0.3 is 0 Å². The van der Waals surface area contributed by atoms with E-state index >= 15 is 0 Å². The number of ether oxygens (including phenoxy) is 1. The Morgan fingerprint density at radius 3 is 3.00 bits per heavy atom. The first kappa shape index (κ1) is 14.2. The van der Waals surface area contributed by atoms with Gasteiger partial charge in [0.2, 0.25) is 0 Å². The van der Waals surface area contributed by atoms with Crippen LogP contribution in [0.25, 0.3) is 0 Å². The highest BCUT2D eigenvalue weighted by Gasteiger charge is 2.06. The minimum atomic E-state index is 0.481. The van der Waals surface area contributed by atoms with E-state index in [1.165, 1.54) is 6.42 Å². The molecule has 0 radical (unpaired) electrons. The van der Waals surface area contributed by atoms with Gasteiger partial charge in [-0.05, 0) is 20.0 Å². The topological polar surface area (TPSA) is 50.5 Å². The van der Waals surface area contributed by atoms with E-state index in [2.05, 4.69) is 29.3 Å². The van der Waals surface area contributed by atoms with Gasteiger partial charge in [0.15, 0.2) is 5.76 Å². The van der Waals surface area contributed by atoms with Crippen molar-refractivity contribution in [3.63, 3.8) is 0 Å². The molecule has 1 N–H and O–H groups in total. The molecule has 5 heteroatoms. The maximum absolute atomic E-state index is 5.13. The molecule has 0 atom stereocenters. The van der Waals surface area contributed by atoms with Crippen molar-refractivity contribution in [3.8, 4) is 0 Å². The lowest BCUT2D eigenvalue weighted by molar-refractivity contribution is 0.155. The normalized spacial score (nSPS) is 11.3. The van der Waals surface area contributed by atoms with Crippen LogP contribution in [0.1, 0.15) is 24.8 Å². The maximum atomic E-state index is 5.13. The SMILES string of the molecule is CCCNCCN(C)Cc1cc(COC)on1. The van der Waals surface area contributed by atoms with Crippen molar-refractivity contribution in [2.75, 3.05) is 33.8 Å². The minimum absolute atomic E-state index is 0.481. The predicted molar refractivity (Wildman–Crippen MR) is 66.7 cm³/mol. The van der Waals surface area contributed by atoms with Crippen molar-refractivity contribution in [2.45, 2.75) is 26.5 Å². The van der Waals surface area contributed by atoms with E-state index < -0.39 is 0 Å². The lowest BCUT2D eigenvalue weighted by Crippen LogP contribution is -2.29. The number of hydrogen-bond donors (Lipinski definition) is 1. The quantitative estimate of drug-likeness (QED) is 0.659. The number of nitrogens with one attached hydrogen (secondary N) is 1. The lowest BCUT2D eigenvalue weighted by atomic mass is 10.3. The second kappa shape index (κ2) is 8.22. The average molecular weight is 241 g/mol. The number of aromatic nitrogens is 1. The molecule has 98 valence electrons. The Hall–Kier alpha value is -0.910. The molecule has 0 fully saturated rings. The van der Waals surface area contributed by atoms with Gasteiger partial charge in [0.25, 0.3) is 0 Å². The first-order valence-corrected chi connectivity index (χ1v) is 6.09. The fraction of sp³-hybridized carbons (Fsp3) is 0.750. The van der Waals surface area contributed by atoms with Crippen LogP contribution in [0.15, 0.2) is 10.6 Å². The Labute approximate surface area is 103 Å². The smallest absolute Gasteiger partial charge is 0.162 e. The van der Waals surface area contributed by atoms with Gasteiger partial charge < -0.3 is 14.6 Å². The summed E-state index contributed by atoms with van der Waals surface area (Å²) in [7, 11) is 3.73. The Bertz CT molecular complexity index is 302. The minimum Gasteiger partial charge on any atom is -0.377 e. The van der Waals surface area contributed by atoms with E-state index in [9.17, 15) is 0 Å². The summed E-state index contributed by atoms with van der Waals surface area (Å²) in [6.07, 6.45) is 1.17. The van der Waals surface area contributed by atoms with Crippen LogP contribution >= 0.6 is 0 Å². The predicted octanol–water partition coefficient (Wildman–Crippen LogP) is 1.25. The third-order valence-electron chi connectivity index (χ3n) is 2.42. The van der Waals surface area contributed by atoms with Gasteiger partial charge in [0, 0.05) is 32.8 Å². The summed E-state index contributed by atoms with van der Waals surface area (Å²) >= 11 is 0. The average Bonchev–Trinajstić information content (AvgIpc) is 2.73. The fourth-order valence-corrected chi connectivity index (χ4v) is 1.57. The van der Waals surface area contributed by atoms with Gasteiger partial charge in [0.1, 0.15) is 6.61 Å². The number of rotatable bonds is 9. The molecule has 0 saturated carbocycles. The largest absolute Gasteiger partial charge is 0.377 e. The maximum Gasteiger partial charge on any atom is 0.162 e. The van der Waals surface area contributed by atoms with Crippen LogP contribution in [0.5, 0.6) is 0 Å². The van der Waals surface area contributed by atoms with Crippen LogP contribution in [0, 0.1) is 0 Å². The molecule has 1 rings (SSSR count). The molecular weight excluding hydrogens is 218 g/mol. The molecule has 0 aliphatic rings. The Kier molecular flexibility index (Phi) is 6.84. The number of hydrogen-bond acceptors (Lipinski definition) is 5. The van der Waals surface area contributed by atoms with Crippen molar-refractivity contribution in [1.29, 1.82) is 0 Å². The van der Waals surface area contributed by atoms with Crippen LogP contribution in [0.4, 0.5) is 0 Å². The molecule has 5 nitrogen and oxygen atoms in total. The van der Waals surface area contributed by atoms with E-state index in [4.69, 9.17) is 9.26 Å². The van der Waals surface area contributed by atoms with Crippen LogP contribution in [0.3, 0.4) is 0 Å². The molecule has 0 spiro atoms. The number of nitrogens with zero attached hydrogens (tertiary/aromatic N) is 2. The van der Waals surface area contributed by atoms with Gasteiger partial charge in [-0.15, -0.1) is 0 Å². The van der Waals surface area contributed by atoms with E-state index in [1.807, 2.05) is 6.07 Å². The molecule has 0 aromatic carbocycles.